The molecule has 1 N–H and O–H groups in total. The fourth-order valence-corrected chi connectivity index (χ4v) is 3.28. The zero-order chi connectivity index (χ0) is 17.8. The molecule has 1 aliphatic rings. The molecule has 4 rings (SSSR count). The van der Waals surface area contributed by atoms with Crippen LogP contribution in [0.4, 0.5) is 5.95 Å². The number of imidazole rings is 1. The summed E-state index contributed by atoms with van der Waals surface area (Å²) in [7, 11) is 2.09. The van der Waals surface area contributed by atoms with Crippen LogP contribution >= 0.6 is 0 Å². The third kappa shape index (κ3) is 4.00. The molecule has 0 aliphatic carbocycles. The zero-order valence-corrected chi connectivity index (χ0v) is 15.0. The van der Waals surface area contributed by atoms with Gasteiger partial charge in [0.1, 0.15) is 5.65 Å². The van der Waals surface area contributed by atoms with Gasteiger partial charge in [-0.25, -0.2) is 15.0 Å². The maximum absolute atomic E-state index is 5.60. The summed E-state index contributed by atoms with van der Waals surface area (Å²) in [6.07, 6.45) is 10.3. The second-order valence-electron chi connectivity index (χ2n) is 6.78. The second kappa shape index (κ2) is 7.80. The van der Waals surface area contributed by atoms with Crippen LogP contribution in [0.1, 0.15) is 24.1 Å². The highest BCUT2D eigenvalue weighted by Gasteiger charge is 2.15. The molecule has 1 aliphatic heterocycles. The van der Waals surface area contributed by atoms with E-state index >= 15 is 0 Å². The van der Waals surface area contributed by atoms with Crippen molar-refractivity contribution in [3.8, 4) is 0 Å². The number of aromatic nitrogens is 4. The molecular weight excluding hydrogens is 328 g/mol. The second-order valence-corrected chi connectivity index (χ2v) is 6.78. The molecule has 7 heteroatoms. The first kappa shape index (κ1) is 16.9. The summed E-state index contributed by atoms with van der Waals surface area (Å²) in [5.41, 5.74) is 3.23. The minimum Gasteiger partial charge on any atom is -0.376 e. The Morgan fingerprint density at radius 1 is 1.19 bits per heavy atom. The summed E-state index contributed by atoms with van der Waals surface area (Å²) in [5, 5.41) is 3.25. The van der Waals surface area contributed by atoms with Gasteiger partial charge in [-0.3, -0.25) is 4.90 Å². The van der Waals surface area contributed by atoms with Gasteiger partial charge < -0.3 is 14.5 Å². The Bertz CT molecular complexity index is 841. The van der Waals surface area contributed by atoms with E-state index in [0.717, 1.165) is 50.3 Å². The van der Waals surface area contributed by atoms with Gasteiger partial charge in [0.25, 0.3) is 0 Å². The van der Waals surface area contributed by atoms with Gasteiger partial charge in [-0.15, -0.1) is 0 Å². The monoisotopic (exact) mass is 352 g/mol. The van der Waals surface area contributed by atoms with Gasteiger partial charge in [0.2, 0.25) is 5.95 Å². The highest BCUT2D eigenvalue weighted by atomic mass is 16.5. The van der Waals surface area contributed by atoms with Crippen LogP contribution in [0.3, 0.4) is 0 Å². The number of ether oxygens (including phenoxy) is 1. The highest BCUT2D eigenvalue weighted by Crippen LogP contribution is 2.13. The molecule has 3 aromatic rings. The average Bonchev–Trinajstić information content (AvgIpc) is 3.32. The number of fused-ring (bicyclic) bond motifs is 1. The summed E-state index contributed by atoms with van der Waals surface area (Å²) >= 11 is 0. The van der Waals surface area contributed by atoms with E-state index in [9.17, 15) is 0 Å². The van der Waals surface area contributed by atoms with Crippen molar-refractivity contribution in [2.75, 3.05) is 25.5 Å². The number of anilines is 1. The molecule has 136 valence electrons. The molecule has 0 bridgehead atoms. The largest absolute Gasteiger partial charge is 0.376 e. The third-order valence-corrected chi connectivity index (χ3v) is 4.60. The molecule has 0 spiro atoms. The van der Waals surface area contributed by atoms with Crippen molar-refractivity contribution < 1.29 is 4.74 Å². The molecule has 7 nitrogen and oxygen atoms in total. The van der Waals surface area contributed by atoms with Crippen molar-refractivity contribution in [2.45, 2.75) is 32.0 Å². The maximum atomic E-state index is 5.60. The van der Waals surface area contributed by atoms with Gasteiger partial charge in [0, 0.05) is 50.4 Å². The van der Waals surface area contributed by atoms with Crippen molar-refractivity contribution >= 4 is 11.6 Å². The van der Waals surface area contributed by atoms with Crippen LogP contribution in [0.5, 0.6) is 0 Å². The van der Waals surface area contributed by atoms with Crippen molar-refractivity contribution in [3.63, 3.8) is 0 Å². The van der Waals surface area contributed by atoms with Crippen LogP contribution < -0.4 is 5.32 Å². The summed E-state index contributed by atoms with van der Waals surface area (Å²) in [6, 6.07) is 6.04. The molecular formula is C19H24N6O. The normalized spacial score (nSPS) is 17.2. The molecule has 3 aromatic heterocycles. The van der Waals surface area contributed by atoms with E-state index in [4.69, 9.17) is 4.74 Å². The van der Waals surface area contributed by atoms with Gasteiger partial charge in [-0.2, -0.15) is 0 Å². The Hall–Kier alpha value is -2.51. The van der Waals surface area contributed by atoms with Gasteiger partial charge in [-0.05, 0) is 32.0 Å². The fourth-order valence-electron chi connectivity index (χ4n) is 3.28. The molecule has 0 aromatic carbocycles. The van der Waals surface area contributed by atoms with E-state index < -0.39 is 0 Å². The van der Waals surface area contributed by atoms with Crippen molar-refractivity contribution in [1.82, 2.24) is 24.3 Å². The van der Waals surface area contributed by atoms with Crippen LogP contribution in [-0.4, -0.2) is 50.6 Å². The van der Waals surface area contributed by atoms with Gasteiger partial charge >= 0.3 is 0 Å². The molecule has 0 radical (unpaired) electrons. The van der Waals surface area contributed by atoms with Crippen LogP contribution in [0.15, 0.2) is 43.0 Å². The SMILES string of the molecule is CN(Cc1cnc(NC[C@@H]2CCCO2)nc1)Cc1cnc2ccccn12. The molecule has 26 heavy (non-hydrogen) atoms. The van der Waals surface area contributed by atoms with Crippen molar-refractivity contribution in [2.24, 2.45) is 0 Å². The first-order chi connectivity index (χ1) is 12.8. The van der Waals surface area contributed by atoms with Crippen LogP contribution in [0, 0.1) is 0 Å². The summed E-state index contributed by atoms with van der Waals surface area (Å²) in [4.78, 5) is 15.5. The third-order valence-electron chi connectivity index (χ3n) is 4.60. The number of nitrogens with zero attached hydrogens (tertiary/aromatic N) is 5. The van der Waals surface area contributed by atoms with E-state index in [1.165, 1.54) is 5.69 Å². The lowest BCUT2D eigenvalue weighted by atomic mass is 10.2. The molecule has 0 amide bonds. The smallest absolute Gasteiger partial charge is 0.222 e. The lowest BCUT2D eigenvalue weighted by molar-refractivity contribution is 0.120. The molecule has 0 saturated carbocycles. The van der Waals surface area contributed by atoms with Gasteiger partial charge in [0.15, 0.2) is 0 Å². The lowest BCUT2D eigenvalue weighted by Crippen LogP contribution is -2.20. The Labute approximate surface area is 153 Å². The Morgan fingerprint density at radius 2 is 2.08 bits per heavy atom. The number of pyridine rings is 1. The van der Waals surface area contributed by atoms with Gasteiger partial charge in [-0.1, -0.05) is 6.07 Å². The summed E-state index contributed by atoms with van der Waals surface area (Å²) in [6.45, 7) is 3.23. The maximum Gasteiger partial charge on any atom is 0.222 e. The van der Waals surface area contributed by atoms with Crippen LogP contribution in [-0.2, 0) is 17.8 Å². The van der Waals surface area contributed by atoms with Gasteiger partial charge in [0.05, 0.1) is 18.0 Å². The van der Waals surface area contributed by atoms with Crippen molar-refractivity contribution in [3.05, 3.63) is 54.2 Å². The zero-order valence-electron chi connectivity index (χ0n) is 15.0. The lowest BCUT2D eigenvalue weighted by Gasteiger charge is -2.16. The Kier molecular flexibility index (Phi) is 5.08. The van der Waals surface area contributed by atoms with Crippen molar-refractivity contribution in [1.29, 1.82) is 0 Å². The summed E-state index contributed by atoms with van der Waals surface area (Å²) < 4.78 is 7.72. The van der Waals surface area contributed by atoms with E-state index in [2.05, 4.69) is 36.6 Å². The number of rotatable bonds is 7. The Morgan fingerprint density at radius 3 is 2.88 bits per heavy atom. The minimum absolute atomic E-state index is 0.287. The minimum atomic E-state index is 0.287. The topological polar surface area (TPSA) is 67.6 Å². The molecule has 1 saturated heterocycles. The standard InChI is InChI=1S/C19H24N6O/c1-24(14-16-11-20-18-6-2-3-7-25(16)18)13-15-9-21-19(22-10-15)23-12-17-5-4-8-26-17/h2-3,6-7,9-11,17H,4-5,8,12-14H2,1H3,(H,21,22,23)/t17-/m0/s1. The average molecular weight is 352 g/mol. The van der Waals surface area contributed by atoms with E-state index in [1.54, 1.807) is 0 Å². The van der Waals surface area contributed by atoms with Crippen LogP contribution in [0.25, 0.3) is 5.65 Å². The number of hydrogen-bond acceptors (Lipinski definition) is 6. The highest BCUT2D eigenvalue weighted by molar-refractivity contribution is 5.39. The Balaban J connectivity index is 1.31. The van der Waals surface area contributed by atoms with E-state index in [1.807, 2.05) is 43.0 Å². The first-order valence-electron chi connectivity index (χ1n) is 9.04. The van der Waals surface area contributed by atoms with E-state index in [0.29, 0.717) is 5.95 Å². The predicted molar refractivity (Wildman–Crippen MR) is 99.9 cm³/mol. The molecule has 4 heterocycles. The quantitative estimate of drug-likeness (QED) is 0.704. The van der Waals surface area contributed by atoms with E-state index in [-0.39, 0.29) is 6.10 Å². The fraction of sp³-hybridized carbons (Fsp3) is 0.421. The first-order valence-corrected chi connectivity index (χ1v) is 9.04. The molecule has 1 atom stereocenters. The number of nitrogens with one attached hydrogen (secondary N) is 1. The number of hydrogen-bond donors (Lipinski definition) is 1. The molecule has 1 fully saturated rings. The summed E-state index contributed by atoms with van der Waals surface area (Å²) in [5.74, 6) is 0.661. The molecule has 0 unspecified atom stereocenters. The predicted octanol–water partition coefficient (Wildman–Crippen LogP) is 2.35. The van der Waals surface area contributed by atoms with Crippen LogP contribution in [0.2, 0.25) is 0 Å².